The fourth-order valence-electron chi connectivity index (χ4n) is 3.73. The van der Waals surface area contributed by atoms with Gasteiger partial charge >= 0.3 is 0 Å². The molecule has 4 heteroatoms. The lowest BCUT2D eigenvalue weighted by Gasteiger charge is -2.43. The standard InChI is InChI=1S/C19H28N2O2/c1-4-19(5-2)18(22)21(13-15-8-10-20-11-9-15)16-12-14(3)6-7-17(16)23-19/h6-7,12,15,20H,4-5,8-11,13H2,1-3H3. The number of benzene rings is 1. The Morgan fingerprint density at radius 3 is 2.61 bits per heavy atom. The Kier molecular flexibility index (Phi) is 4.62. The van der Waals surface area contributed by atoms with Gasteiger partial charge in [0.15, 0.2) is 5.60 Å². The molecule has 1 aromatic rings. The number of nitrogens with one attached hydrogen (secondary N) is 1. The summed E-state index contributed by atoms with van der Waals surface area (Å²) >= 11 is 0. The highest BCUT2D eigenvalue weighted by molar-refractivity contribution is 6.03. The second-order valence-electron chi connectivity index (χ2n) is 6.88. The lowest BCUT2D eigenvalue weighted by molar-refractivity contribution is -0.136. The molecule has 4 nitrogen and oxygen atoms in total. The molecule has 0 aliphatic carbocycles. The van der Waals surface area contributed by atoms with Crippen LogP contribution in [0.1, 0.15) is 45.1 Å². The average Bonchev–Trinajstić information content (AvgIpc) is 2.59. The van der Waals surface area contributed by atoms with Crippen LogP contribution < -0.4 is 15.0 Å². The molecule has 3 rings (SSSR count). The molecule has 2 aliphatic heterocycles. The van der Waals surface area contributed by atoms with Gasteiger partial charge in [0.2, 0.25) is 0 Å². The monoisotopic (exact) mass is 316 g/mol. The molecular weight excluding hydrogens is 288 g/mol. The molecule has 1 saturated heterocycles. The highest BCUT2D eigenvalue weighted by Gasteiger charge is 2.46. The fourth-order valence-corrected chi connectivity index (χ4v) is 3.73. The van der Waals surface area contributed by atoms with Crippen molar-refractivity contribution in [2.45, 2.75) is 52.1 Å². The molecule has 1 fully saturated rings. The Hall–Kier alpha value is -1.55. The SMILES string of the molecule is CCC1(CC)Oc2ccc(C)cc2N(CC2CCNCC2)C1=O. The molecule has 23 heavy (non-hydrogen) atoms. The first-order valence-corrected chi connectivity index (χ1v) is 8.92. The van der Waals surface area contributed by atoms with Crippen molar-refractivity contribution in [2.75, 3.05) is 24.5 Å². The van der Waals surface area contributed by atoms with E-state index >= 15 is 0 Å². The van der Waals surface area contributed by atoms with Gasteiger partial charge in [0.1, 0.15) is 5.75 Å². The number of piperidine rings is 1. The molecule has 0 unspecified atom stereocenters. The average molecular weight is 316 g/mol. The zero-order chi connectivity index (χ0) is 16.4. The van der Waals surface area contributed by atoms with Gasteiger partial charge in [0.25, 0.3) is 5.91 Å². The first-order chi connectivity index (χ1) is 11.1. The minimum atomic E-state index is -0.699. The van der Waals surface area contributed by atoms with E-state index in [4.69, 9.17) is 4.74 Å². The van der Waals surface area contributed by atoms with Crippen LogP contribution in [0, 0.1) is 12.8 Å². The van der Waals surface area contributed by atoms with Gasteiger partial charge in [-0.25, -0.2) is 0 Å². The van der Waals surface area contributed by atoms with Crippen molar-refractivity contribution in [3.63, 3.8) is 0 Å². The Balaban J connectivity index is 1.96. The van der Waals surface area contributed by atoms with E-state index in [1.54, 1.807) is 0 Å². The van der Waals surface area contributed by atoms with Crippen LogP contribution in [0.25, 0.3) is 0 Å². The second-order valence-corrected chi connectivity index (χ2v) is 6.88. The maximum absolute atomic E-state index is 13.2. The number of anilines is 1. The van der Waals surface area contributed by atoms with Crippen LogP contribution in [0.4, 0.5) is 5.69 Å². The van der Waals surface area contributed by atoms with Crippen molar-refractivity contribution in [1.82, 2.24) is 5.32 Å². The number of rotatable bonds is 4. The third-order valence-corrected chi connectivity index (χ3v) is 5.39. The number of nitrogens with zero attached hydrogens (tertiary/aromatic N) is 1. The topological polar surface area (TPSA) is 41.6 Å². The van der Waals surface area contributed by atoms with Crippen molar-refractivity contribution >= 4 is 11.6 Å². The zero-order valence-electron chi connectivity index (χ0n) is 14.5. The van der Waals surface area contributed by atoms with Crippen LogP contribution in [0.3, 0.4) is 0 Å². The van der Waals surface area contributed by atoms with Gasteiger partial charge in [-0.15, -0.1) is 0 Å². The van der Waals surface area contributed by atoms with Gasteiger partial charge in [-0.1, -0.05) is 19.9 Å². The maximum Gasteiger partial charge on any atom is 0.271 e. The van der Waals surface area contributed by atoms with Crippen LogP contribution in [-0.2, 0) is 4.79 Å². The van der Waals surface area contributed by atoms with Gasteiger partial charge in [0.05, 0.1) is 5.69 Å². The number of ether oxygens (including phenoxy) is 1. The van der Waals surface area contributed by atoms with Gasteiger partial charge in [0, 0.05) is 6.54 Å². The Morgan fingerprint density at radius 2 is 1.96 bits per heavy atom. The second kappa shape index (κ2) is 6.52. The van der Waals surface area contributed by atoms with Gasteiger partial charge < -0.3 is 15.0 Å². The molecule has 2 heterocycles. The van der Waals surface area contributed by atoms with Gasteiger partial charge in [-0.2, -0.15) is 0 Å². The van der Waals surface area contributed by atoms with Crippen LogP contribution in [-0.4, -0.2) is 31.1 Å². The third-order valence-electron chi connectivity index (χ3n) is 5.39. The first-order valence-electron chi connectivity index (χ1n) is 8.92. The summed E-state index contributed by atoms with van der Waals surface area (Å²) in [5.41, 5.74) is 1.41. The molecule has 2 aliphatic rings. The van der Waals surface area contributed by atoms with E-state index in [9.17, 15) is 4.79 Å². The lowest BCUT2D eigenvalue weighted by Crippen LogP contribution is -2.57. The van der Waals surface area contributed by atoms with Crippen molar-refractivity contribution in [3.05, 3.63) is 23.8 Å². The third kappa shape index (κ3) is 2.97. The smallest absolute Gasteiger partial charge is 0.271 e. The highest BCUT2D eigenvalue weighted by Crippen LogP contribution is 2.41. The summed E-state index contributed by atoms with van der Waals surface area (Å²) in [6, 6.07) is 6.17. The minimum Gasteiger partial charge on any atom is -0.475 e. The molecule has 0 radical (unpaired) electrons. The minimum absolute atomic E-state index is 0.138. The van der Waals surface area contributed by atoms with E-state index in [-0.39, 0.29) is 5.91 Å². The molecule has 126 valence electrons. The van der Waals surface area contributed by atoms with E-state index < -0.39 is 5.60 Å². The molecule has 1 N–H and O–H groups in total. The normalized spacial score (nSPS) is 21.0. The fraction of sp³-hybridized carbons (Fsp3) is 0.632. The summed E-state index contributed by atoms with van der Waals surface area (Å²) in [6.45, 7) is 9.07. The number of amides is 1. The molecule has 1 aromatic carbocycles. The van der Waals surface area contributed by atoms with Crippen LogP contribution >= 0.6 is 0 Å². The molecule has 0 saturated carbocycles. The van der Waals surface area contributed by atoms with E-state index in [1.807, 2.05) is 24.8 Å². The van der Waals surface area contributed by atoms with Crippen molar-refractivity contribution in [1.29, 1.82) is 0 Å². The summed E-state index contributed by atoms with van der Waals surface area (Å²) in [6.07, 6.45) is 3.69. The number of hydrogen-bond acceptors (Lipinski definition) is 3. The quantitative estimate of drug-likeness (QED) is 0.927. The van der Waals surface area contributed by atoms with Gasteiger partial charge in [-0.05, 0) is 69.3 Å². The number of carbonyl (C=O) groups excluding carboxylic acids is 1. The Labute approximate surface area is 139 Å². The van der Waals surface area contributed by atoms with Crippen LogP contribution in [0.2, 0.25) is 0 Å². The number of carbonyl (C=O) groups is 1. The van der Waals surface area contributed by atoms with Crippen molar-refractivity contribution in [2.24, 2.45) is 5.92 Å². The molecule has 0 spiro atoms. The van der Waals surface area contributed by atoms with E-state index in [2.05, 4.69) is 24.4 Å². The predicted molar refractivity (Wildman–Crippen MR) is 93.1 cm³/mol. The zero-order valence-corrected chi connectivity index (χ0v) is 14.5. The largest absolute Gasteiger partial charge is 0.475 e. The first kappa shape index (κ1) is 16.3. The van der Waals surface area contributed by atoms with E-state index in [0.29, 0.717) is 18.8 Å². The molecule has 1 amide bonds. The van der Waals surface area contributed by atoms with Crippen LogP contribution in [0.5, 0.6) is 5.75 Å². The Morgan fingerprint density at radius 1 is 1.26 bits per heavy atom. The van der Waals surface area contributed by atoms with E-state index in [1.165, 1.54) is 0 Å². The predicted octanol–water partition coefficient (Wildman–Crippen LogP) is 3.28. The lowest BCUT2D eigenvalue weighted by atomic mass is 9.90. The number of hydrogen-bond donors (Lipinski definition) is 1. The molecule has 0 bridgehead atoms. The maximum atomic E-state index is 13.2. The summed E-state index contributed by atoms with van der Waals surface area (Å²) < 4.78 is 6.20. The van der Waals surface area contributed by atoms with Crippen molar-refractivity contribution < 1.29 is 9.53 Å². The number of aryl methyl sites for hydroxylation is 1. The van der Waals surface area contributed by atoms with E-state index in [0.717, 1.165) is 49.5 Å². The summed E-state index contributed by atoms with van der Waals surface area (Å²) in [5, 5.41) is 3.40. The summed E-state index contributed by atoms with van der Waals surface area (Å²) in [4.78, 5) is 15.3. The summed E-state index contributed by atoms with van der Waals surface area (Å²) in [7, 11) is 0. The Bertz CT molecular complexity index is 575. The molecular formula is C19H28N2O2. The highest BCUT2D eigenvalue weighted by atomic mass is 16.5. The van der Waals surface area contributed by atoms with Gasteiger partial charge in [-0.3, -0.25) is 4.79 Å². The summed E-state index contributed by atoms with van der Waals surface area (Å²) in [5.74, 6) is 1.56. The number of fused-ring (bicyclic) bond motifs is 1. The van der Waals surface area contributed by atoms with Crippen LogP contribution in [0.15, 0.2) is 18.2 Å². The van der Waals surface area contributed by atoms with Crippen molar-refractivity contribution in [3.8, 4) is 5.75 Å². The molecule has 0 atom stereocenters. The molecule has 0 aromatic heterocycles.